The molecule has 0 aromatic heterocycles. The quantitative estimate of drug-likeness (QED) is 0.639. The molecule has 158 valence electrons. The van der Waals surface area contributed by atoms with E-state index in [9.17, 15) is 9.59 Å². The van der Waals surface area contributed by atoms with Crippen molar-refractivity contribution in [3.63, 3.8) is 0 Å². The maximum atomic E-state index is 12.9. The Morgan fingerprint density at radius 2 is 1.87 bits per heavy atom. The van der Waals surface area contributed by atoms with Gasteiger partial charge in [0.15, 0.2) is 0 Å². The van der Waals surface area contributed by atoms with Gasteiger partial charge in [0.1, 0.15) is 11.4 Å². The van der Waals surface area contributed by atoms with Gasteiger partial charge in [0.05, 0.1) is 11.7 Å². The number of carbonyl (C=O) groups excluding carboxylic acids is 2. The van der Waals surface area contributed by atoms with Gasteiger partial charge in [-0.1, -0.05) is 42.5 Å². The van der Waals surface area contributed by atoms with E-state index in [4.69, 9.17) is 4.74 Å². The second kappa shape index (κ2) is 7.41. The number of nitrogens with one attached hydrogen (secondary N) is 1. The zero-order chi connectivity index (χ0) is 21.6. The van der Waals surface area contributed by atoms with Crippen LogP contribution < -0.4 is 15.0 Å². The molecule has 2 aliphatic rings. The second-order valence-corrected chi connectivity index (χ2v) is 8.96. The molecule has 5 heteroatoms. The summed E-state index contributed by atoms with van der Waals surface area (Å²) < 4.78 is 6.05. The number of amides is 2. The van der Waals surface area contributed by atoms with Gasteiger partial charge in [0.2, 0.25) is 5.91 Å². The number of rotatable bonds is 5. The number of para-hydroxylation sites is 1. The molecule has 0 bridgehead atoms. The Bertz CT molecular complexity index is 1180. The molecule has 3 aromatic rings. The van der Waals surface area contributed by atoms with Crippen molar-refractivity contribution in [2.24, 2.45) is 0 Å². The van der Waals surface area contributed by atoms with Crippen molar-refractivity contribution >= 4 is 28.3 Å². The second-order valence-electron chi connectivity index (χ2n) is 8.96. The molecular weight excluding hydrogens is 388 g/mol. The number of hydrogen-bond acceptors (Lipinski definition) is 3. The molecule has 0 radical (unpaired) electrons. The standard InChI is InChI=1S/C26H26N2O3/c1-26(2)16-20(18-10-3-4-13-22(18)31-26)27-23(29)14-7-15-28-21-12-6-9-17-8-5-11-19(24(17)21)25(28)30/h3-6,8-13,20H,7,14-16H2,1-2H3,(H,27,29)/t20-/m0/s1. The summed E-state index contributed by atoms with van der Waals surface area (Å²) in [4.78, 5) is 27.4. The number of anilines is 1. The van der Waals surface area contributed by atoms with E-state index in [2.05, 4.69) is 5.32 Å². The molecule has 2 aliphatic heterocycles. The molecule has 1 atom stereocenters. The lowest BCUT2D eigenvalue weighted by atomic mass is 9.89. The summed E-state index contributed by atoms with van der Waals surface area (Å²) in [6.07, 6.45) is 1.70. The van der Waals surface area contributed by atoms with Crippen LogP contribution in [0.25, 0.3) is 10.8 Å². The molecule has 0 unspecified atom stereocenters. The number of fused-ring (bicyclic) bond motifs is 1. The fraction of sp³-hybridized carbons (Fsp3) is 0.308. The molecule has 0 spiro atoms. The molecule has 2 heterocycles. The monoisotopic (exact) mass is 414 g/mol. The zero-order valence-corrected chi connectivity index (χ0v) is 17.9. The predicted octanol–water partition coefficient (Wildman–Crippen LogP) is 5.00. The van der Waals surface area contributed by atoms with Crippen LogP contribution >= 0.6 is 0 Å². The van der Waals surface area contributed by atoms with Crippen molar-refractivity contribution in [3.8, 4) is 5.75 Å². The van der Waals surface area contributed by atoms with E-state index in [0.717, 1.165) is 39.8 Å². The zero-order valence-electron chi connectivity index (χ0n) is 17.9. The molecule has 1 N–H and O–H groups in total. The van der Waals surface area contributed by atoms with Gasteiger partial charge >= 0.3 is 0 Å². The smallest absolute Gasteiger partial charge is 0.258 e. The Balaban J connectivity index is 1.24. The lowest BCUT2D eigenvalue weighted by molar-refractivity contribution is -0.122. The number of hydrogen-bond donors (Lipinski definition) is 1. The van der Waals surface area contributed by atoms with E-state index in [-0.39, 0.29) is 23.5 Å². The first-order valence-electron chi connectivity index (χ1n) is 10.8. The maximum absolute atomic E-state index is 12.9. The fourth-order valence-electron chi connectivity index (χ4n) is 4.80. The van der Waals surface area contributed by atoms with Gasteiger partial charge in [-0.15, -0.1) is 0 Å². The Kier molecular flexibility index (Phi) is 4.69. The van der Waals surface area contributed by atoms with Gasteiger partial charge in [-0.2, -0.15) is 0 Å². The van der Waals surface area contributed by atoms with E-state index < -0.39 is 0 Å². The first-order valence-corrected chi connectivity index (χ1v) is 10.8. The van der Waals surface area contributed by atoms with Crippen molar-refractivity contribution < 1.29 is 14.3 Å². The van der Waals surface area contributed by atoms with Crippen LogP contribution in [-0.2, 0) is 4.79 Å². The molecule has 2 amide bonds. The molecule has 5 nitrogen and oxygen atoms in total. The summed E-state index contributed by atoms with van der Waals surface area (Å²) in [7, 11) is 0. The Morgan fingerprint density at radius 3 is 2.71 bits per heavy atom. The summed E-state index contributed by atoms with van der Waals surface area (Å²) in [6.45, 7) is 4.61. The molecule has 31 heavy (non-hydrogen) atoms. The lowest BCUT2D eigenvalue weighted by Crippen LogP contribution is -2.41. The highest BCUT2D eigenvalue weighted by molar-refractivity contribution is 6.25. The van der Waals surface area contributed by atoms with Gasteiger partial charge in [0.25, 0.3) is 5.91 Å². The van der Waals surface area contributed by atoms with E-state index in [1.807, 2.05) is 74.5 Å². The Hall–Kier alpha value is -3.34. The number of ether oxygens (including phenoxy) is 1. The highest BCUT2D eigenvalue weighted by Gasteiger charge is 2.34. The summed E-state index contributed by atoms with van der Waals surface area (Å²) in [5, 5.41) is 5.27. The SMILES string of the molecule is CC1(C)C[C@H](NC(=O)CCCN2C(=O)c3cccc4cccc2c34)c2ccccc2O1. The van der Waals surface area contributed by atoms with E-state index >= 15 is 0 Å². The normalized spacial score (nSPS) is 18.6. The highest BCUT2D eigenvalue weighted by atomic mass is 16.5. The van der Waals surface area contributed by atoms with Crippen molar-refractivity contribution in [2.45, 2.75) is 44.8 Å². The largest absolute Gasteiger partial charge is 0.487 e. The van der Waals surface area contributed by atoms with Crippen molar-refractivity contribution in [1.29, 1.82) is 0 Å². The minimum atomic E-state index is -0.335. The minimum absolute atomic E-state index is 0.000119. The highest BCUT2D eigenvalue weighted by Crippen LogP contribution is 2.39. The van der Waals surface area contributed by atoms with Crippen molar-refractivity contribution in [3.05, 3.63) is 71.8 Å². The Morgan fingerprint density at radius 1 is 1.10 bits per heavy atom. The predicted molar refractivity (Wildman–Crippen MR) is 122 cm³/mol. The molecule has 0 fully saturated rings. The molecule has 0 aliphatic carbocycles. The van der Waals surface area contributed by atoms with Gasteiger partial charge in [-0.3, -0.25) is 9.59 Å². The van der Waals surface area contributed by atoms with Crippen LogP contribution in [-0.4, -0.2) is 24.0 Å². The van der Waals surface area contributed by atoms with Crippen LogP contribution in [0.4, 0.5) is 5.69 Å². The van der Waals surface area contributed by atoms with E-state index in [0.29, 0.717) is 19.4 Å². The number of carbonyl (C=O) groups is 2. The van der Waals surface area contributed by atoms with Gasteiger partial charge < -0.3 is 15.0 Å². The average Bonchev–Trinajstić information content (AvgIpc) is 3.01. The minimum Gasteiger partial charge on any atom is -0.487 e. The molecule has 5 rings (SSSR count). The van der Waals surface area contributed by atoms with E-state index in [1.54, 1.807) is 4.90 Å². The lowest BCUT2D eigenvalue weighted by Gasteiger charge is -2.37. The third-order valence-electron chi connectivity index (χ3n) is 6.15. The van der Waals surface area contributed by atoms with Crippen molar-refractivity contribution in [1.82, 2.24) is 5.32 Å². The molecular formula is C26H26N2O3. The van der Waals surface area contributed by atoms with Crippen molar-refractivity contribution in [2.75, 3.05) is 11.4 Å². The molecule has 0 saturated heterocycles. The summed E-state index contributed by atoms with van der Waals surface area (Å²) >= 11 is 0. The molecule has 0 saturated carbocycles. The van der Waals surface area contributed by atoms with Crippen LogP contribution in [0.3, 0.4) is 0 Å². The van der Waals surface area contributed by atoms with Gasteiger partial charge in [-0.25, -0.2) is 0 Å². The fourth-order valence-corrected chi connectivity index (χ4v) is 4.80. The topological polar surface area (TPSA) is 58.6 Å². The van der Waals surface area contributed by atoms with Gasteiger partial charge in [-0.05, 0) is 43.9 Å². The summed E-state index contributed by atoms with van der Waals surface area (Å²) in [5.74, 6) is 0.852. The van der Waals surface area contributed by atoms with Crippen LogP contribution in [0.5, 0.6) is 5.75 Å². The number of nitrogens with zero attached hydrogens (tertiary/aromatic N) is 1. The first-order chi connectivity index (χ1) is 14.9. The average molecular weight is 415 g/mol. The number of benzene rings is 3. The first kappa shape index (κ1) is 19.6. The van der Waals surface area contributed by atoms with Gasteiger partial charge in [0, 0.05) is 35.9 Å². The van der Waals surface area contributed by atoms with Crippen LogP contribution in [0.15, 0.2) is 60.7 Å². The maximum Gasteiger partial charge on any atom is 0.258 e. The van der Waals surface area contributed by atoms with Crippen LogP contribution in [0, 0.1) is 0 Å². The summed E-state index contributed by atoms with van der Waals surface area (Å²) in [5.41, 5.74) is 2.38. The molecule has 3 aromatic carbocycles. The van der Waals surface area contributed by atoms with Crippen LogP contribution in [0.2, 0.25) is 0 Å². The third-order valence-corrected chi connectivity index (χ3v) is 6.15. The summed E-state index contributed by atoms with van der Waals surface area (Å²) in [6, 6.07) is 19.6. The third kappa shape index (κ3) is 3.54. The van der Waals surface area contributed by atoms with E-state index in [1.165, 1.54) is 0 Å². The Labute approximate surface area is 182 Å². The van der Waals surface area contributed by atoms with Crippen LogP contribution in [0.1, 0.15) is 55.1 Å².